The predicted molar refractivity (Wildman–Crippen MR) is 77.4 cm³/mol. The van der Waals surface area contributed by atoms with Gasteiger partial charge in [0.2, 0.25) is 11.2 Å². The van der Waals surface area contributed by atoms with E-state index in [1.165, 1.54) is 12.8 Å². The van der Waals surface area contributed by atoms with Crippen molar-refractivity contribution in [1.29, 1.82) is 0 Å². The highest BCUT2D eigenvalue weighted by Gasteiger charge is 2.33. The highest BCUT2D eigenvalue weighted by Crippen LogP contribution is 2.36. The van der Waals surface area contributed by atoms with E-state index in [0.29, 0.717) is 31.1 Å². The summed E-state index contributed by atoms with van der Waals surface area (Å²) in [6.07, 6.45) is 2.50. The summed E-state index contributed by atoms with van der Waals surface area (Å²) in [5, 5.41) is 0.156. The van der Waals surface area contributed by atoms with E-state index in [1.54, 1.807) is 7.11 Å². The molecule has 0 aliphatic heterocycles. The van der Waals surface area contributed by atoms with Crippen LogP contribution in [-0.4, -0.2) is 47.9 Å². The summed E-state index contributed by atoms with van der Waals surface area (Å²) >= 11 is 5.96. The summed E-state index contributed by atoms with van der Waals surface area (Å²) in [6.45, 7) is 5.90. The number of ether oxygens (including phenoxy) is 2. The summed E-state index contributed by atoms with van der Waals surface area (Å²) in [5.74, 6) is 1.25. The Bertz CT molecular complexity index is 442. The Morgan fingerprint density at radius 3 is 2.70 bits per heavy atom. The fourth-order valence-electron chi connectivity index (χ4n) is 2.15. The molecule has 1 aromatic rings. The second kappa shape index (κ2) is 7.04. The van der Waals surface area contributed by atoms with E-state index in [9.17, 15) is 0 Å². The molecule has 7 heteroatoms. The molecule has 1 atom stereocenters. The molecule has 0 amide bonds. The first-order chi connectivity index (χ1) is 9.65. The van der Waals surface area contributed by atoms with Crippen molar-refractivity contribution in [1.82, 2.24) is 15.0 Å². The molecular formula is C13H21ClN4O2. The fourth-order valence-corrected chi connectivity index (χ4v) is 2.30. The molecule has 1 fully saturated rings. The van der Waals surface area contributed by atoms with Crippen LogP contribution in [0.3, 0.4) is 0 Å². The van der Waals surface area contributed by atoms with Gasteiger partial charge in [-0.2, -0.15) is 15.0 Å². The van der Waals surface area contributed by atoms with Gasteiger partial charge in [0, 0.05) is 19.7 Å². The number of anilines is 1. The van der Waals surface area contributed by atoms with Crippen molar-refractivity contribution in [3.63, 3.8) is 0 Å². The lowest BCUT2D eigenvalue weighted by molar-refractivity contribution is 0.202. The van der Waals surface area contributed by atoms with Gasteiger partial charge in [0.1, 0.15) is 0 Å². The molecule has 20 heavy (non-hydrogen) atoms. The largest absolute Gasteiger partial charge is 0.464 e. The van der Waals surface area contributed by atoms with Crippen molar-refractivity contribution in [2.75, 3.05) is 31.8 Å². The quantitative estimate of drug-likeness (QED) is 0.733. The van der Waals surface area contributed by atoms with E-state index in [0.717, 1.165) is 6.54 Å². The van der Waals surface area contributed by atoms with Crippen LogP contribution in [0.15, 0.2) is 0 Å². The lowest BCUT2D eigenvalue weighted by Gasteiger charge is -2.29. The number of rotatable bonds is 8. The second-order valence-corrected chi connectivity index (χ2v) is 5.22. The van der Waals surface area contributed by atoms with Crippen LogP contribution in [0.4, 0.5) is 5.95 Å². The number of methoxy groups -OCH3 is 1. The van der Waals surface area contributed by atoms with Crippen LogP contribution in [0.2, 0.25) is 5.28 Å². The lowest BCUT2D eigenvalue weighted by Crippen LogP contribution is -2.38. The molecule has 2 rings (SSSR count). The Labute approximate surface area is 124 Å². The molecule has 1 heterocycles. The van der Waals surface area contributed by atoms with E-state index in [2.05, 4.69) is 26.8 Å². The van der Waals surface area contributed by atoms with E-state index in [1.807, 2.05) is 6.92 Å². The molecule has 1 aliphatic rings. The molecule has 1 unspecified atom stereocenters. The minimum Gasteiger partial charge on any atom is -0.464 e. The first kappa shape index (κ1) is 15.3. The van der Waals surface area contributed by atoms with Crippen LogP contribution in [0.5, 0.6) is 6.01 Å². The van der Waals surface area contributed by atoms with Gasteiger partial charge < -0.3 is 14.4 Å². The number of hydrogen-bond acceptors (Lipinski definition) is 6. The zero-order chi connectivity index (χ0) is 14.5. The fraction of sp³-hybridized carbons (Fsp3) is 0.769. The number of aromatic nitrogens is 3. The van der Waals surface area contributed by atoms with Gasteiger partial charge in [-0.05, 0) is 44.2 Å². The van der Waals surface area contributed by atoms with Crippen LogP contribution in [0.1, 0.15) is 26.7 Å². The van der Waals surface area contributed by atoms with Crippen molar-refractivity contribution < 1.29 is 9.47 Å². The monoisotopic (exact) mass is 300 g/mol. The van der Waals surface area contributed by atoms with E-state index in [4.69, 9.17) is 21.1 Å². The number of nitrogens with zero attached hydrogens (tertiary/aromatic N) is 4. The van der Waals surface area contributed by atoms with Crippen molar-refractivity contribution >= 4 is 17.5 Å². The zero-order valence-corrected chi connectivity index (χ0v) is 12.9. The maximum atomic E-state index is 5.96. The van der Waals surface area contributed by atoms with Crippen LogP contribution < -0.4 is 9.64 Å². The van der Waals surface area contributed by atoms with Gasteiger partial charge in [-0.1, -0.05) is 0 Å². The van der Waals surface area contributed by atoms with E-state index >= 15 is 0 Å². The zero-order valence-electron chi connectivity index (χ0n) is 12.2. The Morgan fingerprint density at radius 2 is 2.10 bits per heavy atom. The Hall–Kier alpha value is -1.14. The Morgan fingerprint density at radius 1 is 1.35 bits per heavy atom. The van der Waals surface area contributed by atoms with Gasteiger partial charge in [0.25, 0.3) is 0 Å². The average Bonchev–Trinajstić information content (AvgIpc) is 3.23. The predicted octanol–water partition coefficient (Wildman–Crippen LogP) is 2.17. The van der Waals surface area contributed by atoms with Crippen molar-refractivity contribution in [3.8, 4) is 6.01 Å². The van der Waals surface area contributed by atoms with Gasteiger partial charge in [0.05, 0.1) is 13.2 Å². The summed E-state index contributed by atoms with van der Waals surface area (Å²) in [4.78, 5) is 14.7. The maximum Gasteiger partial charge on any atom is 0.322 e. The molecular weight excluding hydrogens is 280 g/mol. The molecule has 0 N–H and O–H groups in total. The highest BCUT2D eigenvalue weighted by atomic mass is 35.5. The second-order valence-electron chi connectivity index (χ2n) is 4.88. The van der Waals surface area contributed by atoms with E-state index in [-0.39, 0.29) is 11.3 Å². The normalized spacial score (nSPS) is 16.0. The van der Waals surface area contributed by atoms with Gasteiger partial charge in [-0.15, -0.1) is 0 Å². The first-order valence-corrected chi connectivity index (χ1v) is 7.33. The summed E-state index contributed by atoms with van der Waals surface area (Å²) < 4.78 is 10.5. The van der Waals surface area contributed by atoms with Gasteiger partial charge >= 0.3 is 6.01 Å². The molecule has 1 aromatic heterocycles. The van der Waals surface area contributed by atoms with Crippen LogP contribution >= 0.6 is 11.6 Å². The van der Waals surface area contributed by atoms with Crippen molar-refractivity contribution in [2.24, 2.45) is 5.92 Å². The molecule has 0 saturated heterocycles. The molecule has 0 aromatic carbocycles. The molecule has 0 radical (unpaired) electrons. The van der Waals surface area contributed by atoms with Crippen molar-refractivity contribution in [3.05, 3.63) is 5.28 Å². The molecule has 1 aliphatic carbocycles. The number of hydrogen-bond donors (Lipinski definition) is 0. The Kier molecular flexibility index (Phi) is 5.37. The van der Waals surface area contributed by atoms with Gasteiger partial charge in [0.15, 0.2) is 0 Å². The third-order valence-corrected chi connectivity index (χ3v) is 3.61. The molecule has 6 nitrogen and oxygen atoms in total. The summed E-state index contributed by atoms with van der Waals surface area (Å²) in [5.41, 5.74) is 0. The van der Waals surface area contributed by atoms with Crippen LogP contribution in [0, 0.1) is 5.92 Å². The smallest absolute Gasteiger partial charge is 0.322 e. The van der Waals surface area contributed by atoms with Crippen LogP contribution in [-0.2, 0) is 4.74 Å². The topological polar surface area (TPSA) is 60.4 Å². The number of halogens is 1. The summed E-state index contributed by atoms with van der Waals surface area (Å²) in [7, 11) is 1.69. The van der Waals surface area contributed by atoms with Gasteiger partial charge in [-0.25, -0.2) is 0 Å². The average molecular weight is 301 g/mol. The van der Waals surface area contributed by atoms with Gasteiger partial charge in [-0.3, -0.25) is 0 Å². The third kappa shape index (κ3) is 3.93. The first-order valence-electron chi connectivity index (χ1n) is 6.95. The SMILES string of the molecule is CCOc1nc(Cl)nc(N(CCOC)C(C)C2CC2)n1. The molecule has 0 bridgehead atoms. The third-order valence-electron chi connectivity index (χ3n) is 3.44. The molecule has 0 spiro atoms. The van der Waals surface area contributed by atoms with Crippen molar-refractivity contribution in [2.45, 2.75) is 32.7 Å². The minimum absolute atomic E-state index is 0.156. The standard InChI is InChI=1S/C13H21ClN4O2/c1-4-20-13-16-11(14)15-12(17-13)18(7-8-19-3)9(2)10-5-6-10/h9-10H,4-8H2,1-3H3. The molecule has 112 valence electrons. The highest BCUT2D eigenvalue weighted by molar-refractivity contribution is 6.28. The van der Waals surface area contributed by atoms with Crippen LogP contribution in [0.25, 0.3) is 0 Å². The summed E-state index contributed by atoms with van der Waals surface area (Å²) in [6, 6.07) is 0.631. The lowest BCUT2D eigenvalue weighted by atomic mass is 10.2. The maximum absolute atomic E-state index is 5.96. The minimum atomic E-state index is 0.156. The Balaban J connectivity index is 2.21. The molecule has 1 saturated carbocycles. The van der Waals surface area contributed by atoms with E-state index < -0.39 is 0 Å².